The van der Waals surface area contributed by atoms with Crippen molar-refractivity contribution < 1.29 is 13.9 Å². The number of nitriles is 2. The topological polar surface area (TPSA) is 104 Å². The molecule has 1 aliphatic carbocycles. The van der Waals surface area contributed by atoms with Gasteiger partial charge in [-0.2, -0.15) is 10.5 Å². The Hall–Kier alpha value is -2.48. The number of aliphatic imine (C=N–C) groups is 1. The Labute approximate surface area is 126 Å². The fourth-order valence-corrected chi connectivity index (χ4v) is 3.71. The molecule has 22 heavy (non-hydrogen) atoms. The molecule has 112 valence electrons. The summed E-state index contributed by atoms with van der Waals surface area (Å²) in [6.45, 7) is 0. The molecule has 6 nitrogen and oxygen atoms in total. The average molecular weight is 300 g/mol. The number of benzene rings is 1. The minimum Gasteiger partial charge on any atom is -0.386 e. The Balaban J connectivity index is 2.26. The highest BCUT2D eigenvalue weighted by molar-refractivity contribution is 6.00. The van der Waals surface area contributed by atoms with E-state index in [9.17, 15) is 14.9 Å². The first-order valence-electron chi connectivity index (χ1n) is 6.53. The molecule has 0 saturated heterocycles. The van der Waals surface area contributed by atoms with E-state index in [-0.39, 0.29) is 5.84 Å². The number of hydrogen-bond donors (Lipinski definition) is 1. The van der Waals surface area contributed by atoms with Gasteiger partial charge in [0.15, 0.2) is 5.41 Å². The number of fused-ring (bicyclic) bond motifs is 1. The zero-order valence-corrected chi connectivity index (χ0v) is 12.0. The van der Waals surface area contributed by atoms with Crippen LogP contribution < -0.4 is 5.73 Å². The fourth-order valence-electron chi connectivity index (χ4n) is 3.71. The Bertz CT molecular complexity index is 762. The van der Waals surface area contributed by atoms with Crippen molar-refractivity contribution in [3.05, 3.63) is 35.6 Å². The number of nitrogens with zero attached hydrogens (tertiary/aromatic N) is 3. The molecule has 1 aliphatic heterocycles. The quantitative estimate of drug-likeness (QED) is 0.846. The molecule has 1 aromatic carbocycles. The summed E-state index contributed by atoms with van der Waals surface area (Å²) in [7, 11) is 2.65. The van der Waals surface area contributed by atoms with E-state index in [2.05, 4.69) is 17.1 Å². The molecule has 1 fully saturated rings. The predicted molar refractivity (Wildman–Crippen MR) is 73.6 cm³/mol. The fraction of sp³-hybridized carbons (Fsp3) is 0.400. The lowest BCUT2D eigenvalue weighted by molar-refractivity contribution is -0.230. The number of halogens is 1. The monoisotopic (exact) mass is 300 g/mol. The van der Waals surface area contributed by atoms with Gasteiger partial charge in [0.25, 0.3) is 5.91 Å². The van der Waals surface area contributed by atoms with E-state index in [1.807, 2.05) is 0 Å². The molecule has 1 saturated carbocycles. The normalized spacial score (nSPS) is 34.2. The Morgan fingerprint density at radius 2 is 1.95 bits per heavy atom. The van der Waals surface area contributed by atoms with Crippen LogP contribution >= 0.6 is 0 Å². The SMILES string of the molecule is COC1(OC)N=C(N)[C@]2(C#N)[C@@H](c3cccc(F)c3)[C@]12C#N. The van der Waals surface area contributed by atoms with Gasteiger partial charge in [-0.1, -0.05) is 12.1 Å². The number of ether oxygens (including phenoxy) is 2. The molecule has 2 N–H and O–H groups in total. The molecular weight excluding hydrogens is 287 g/mol. The minimum absolute atomic E-state index is 0.0329. The summed E-state index contributed by atoms with van der Waals surface area (Å²) in [5, 5.41) is 19.5. The molecule has 1 aromatic rings. The minimum atomic E-state index is -1.68. The number of rotatable bonds is 3. The van der Waals surface area contributed by atoms with Crippen molar-refractivity contribution in [2.45, 2.75) is 11.8 Å². The van der Waals surface area contributed by atoms with Crippen molar-refractivity contribution in [1.29, 1.82) is 10.5 Å². The van der Waals surface area contributed by atoms with Gasteiger partial charge in [0.2, 0.25) is 0 Å². The molecule has 0 radical (unpaired) electrons. The second-order valence-corrected chi connectivity index (χ2v) is 5.31. The second kappa shape index (κ2) is 4.26. The van der Waals surface area contributed by atoms with Crippen LogP contribution in [0.4, 0.5) is 4.39 Å². The largest absolute Gasteiger partial charge is 0.386 e. The molecule has 0 aromatic heterocycles. The molecule has 0 spiro atoms. The van der Waals surface area contributed by atoms with Gasteiger partial charge in [-0.3, -0.25) is 0 Å². The van der Waals surface area contributed by atoms with Gasteiger partial charge in [0, 0.05) is 20.1 Å². The molecule has 0 amide bonds. The number of amidine groups is 1. The highest BCUT2D eigenvalue weighted by Gasteiger charge is 2.93. The lowest BCUT2D eigenvalue weighted by atomic mass is 9.93. The van der Waals surface area contributed by atoms with Gasteiger partial charge >= 0.3 is 0 Å². The summed E-state index contributed by atoms with van der Waals surface area (Å²) >= 11 is 0. The van der Waals surface area contributed by atoms with E-state index in [1.54, 1.807) is 6.07 Å². The Morgan fingerprint density at radius 1 is 1.27 bits per heavy atom. The van der Waals surface area contributed by atoms with Crippen LogP contribution in [0.1, 0.15) is 11.5 Å². The van der Waals surface area contributed by atoms with Gasteiger partial charge in [0.1, 0.15) is 17.1 Å². The van der Waals surface area contributed by atoms with Crippen LogP contribution in [0.15, 0.2) is 29.3 Å². The zero-order valence-electron chi connectivity index (χ0n) is 12.0. The van der Waals surface area contributed by atoms with Crippen LogP contribution in [0, 0.1) is 39.3 Å². The highest BCUT2D eigenvalue weighted by atomic mass is 19.1. The van der Waals surface area contributed by atoms with Crippen molar-refractivity contribution in [1.82, 2.24) is 0 Å². The van der Waals surface area contributed by atoms with Gasteiger partial charge in [-0.25, -0.2) is 9.38 Å². The van der Waals surface area contributed by atoms with Crippen LogP contribution in [0.25, 0.3) is 0 Å². The van der Waals surface area contributed by atoms with Crippen molar-refractivity contribution in [2.75, 3.05) is 14.2 Å². The smallest absolute Gasteiger partial charge is 0.292 e. The predicted octanol–water partition coefficient (Wildman–Crippen LogP) is 1.26. The molecular formula is C15H13FN4O2. The molecule has 2 aliphatic rings. The second-order valence-electron chi connectivity index (χ2n) is 5.31. The summed E-state index contributed by atoms with van der Waals surface area (Å²) in [5.74, 6) is -2.85. The standard InChI is InChI=1S/C15H13FN4O2/c1-21-15(22-2)14(8-18)11(9-4-3-5-10(16)6-9)13(14,7-17)12(19)20-15/h3-6,11H,1-2H3,(H2,19,20)/t11-,13+,14+/m1/s1. The number of hydrogen-bond acceptors (Lipinski definition) is 6. The van der Waals surface area contributed by atoms with E-state index in [0.717, 1.165) is 0 Å². The van der Waals surface area contributed by atoms with Crippen LogP contribution in [-0.4, -0.2) is 26.0 Å². The molecule has 0 unspecified atom stereocenters. The molecule has 3 rings (SSSR count). The lowest BCUT2D eigenvalue weighted by Gasteiger charge is -2.29. The van der Waals surface area contributed by atoms with E-state index in [4.69, 9.17) is 15.2 Å². The third-order valence-electron chi connectivity index (χ3n) is 4.66. The maximum Gasteiger partial charge on any atom is 0.292 e. The van der Waals surface area contributed by atoms with Crippen LogP contribution in [0.2, 0.25) is 0 Å². The van der Waals surface area contributed by atoms with E-state index < -0.39 is 28.5 Å². The van der Waals surface area contributed by atoms with Crippen molar-refractivity contribution in [3.8, 4) is 12.1 Å². The van der Waals surface area contributed by atoms with E-state index in [0.29, 0.717) is 5.56 Å². The van der Waals surface area contributed by atoms with Crippen LogP contribution in [0.3, 0.4) is 0 Å². The Kier molecular flexibility index (Phi) is 2.80. The van der Waals surface area contributed by atoms with Crippen LogP contribution in [0.5, 0.6) is 0 Å². The summed E-state index contributed by atoms with van der Waals surface area (Å²) in [6.07, 6.45) is 0. The van der Waals surface area contributed by atoms with Crippen LogP contribution in [-0.2, 0) is 9.47 Å². The third-order valence-corrected chi connectivity index (χ3v) is 4.66. The van der Waals surface area contributed by atoms with Gasteiger partial charge < -0.3 is 15.2 Å². The number of methoxy groups -OCH3 is 2. The molecule has 7 heteroatoms. The van der Waals surface area contributed by atoms with Crippen molar-refractivity contribution >= 4 is 5.84 Å². The van der Waals surface area contributed by atoms with Crippen molar-refractivity contribution in [3.63, 3.8) is 0 Å². The third kappa shape index (κ3) is 1.22. The lowest BCUT2D eigenvalue weighted by Crippen LogP contribution is -2.41. The maximum atomic E-state index is 13.6. The summed E-state index contributed by atoms with van der Waals surface area (Å²) < 4.78 is 24.2. The summed E-state index contributed by atoms with van der Waals surface area (Å²) in [4.78, 5) is 4.08. The first kappa shape index (κ1) is 14.5. The number of nitrogens with two attached hydrogens (primary N) is 1. The van der Waals surface area contributed by atoms with E-state index >= 15 is 0 Å². The molecule has 0 bridgehead atoms. The maximum absolute atomic E-state index is 13.6. The highest BCUT2D eigenvalue weighted by Crippen LogP contribution is 2.81. The Morgan fingerprint density at radius 3 is 2.45 bits per heavy atom. The van der Waals surface area contributed by atoms with Gasteiger partial charge in [-0.05, 0) is 17.7 Å². The van der Waals surface area contributed by atoms with Crippen molar-refractivity contribution in [2.24, 2.45) is 21.6 Å². The summed E-state index contributed by atoms with van der Waals surface area (Å²) in [5.41, 5.74) is 3.59. The van der Waals surface area contributed by atoms with Gasteiger partial charge in [0.05, 0.1) is 12.1 Å². The first-order valence-corrected chi connectivity index (χ1v) is 6.53. The molecule has 3 atom stereocenters. The first-order chi connectivity index (χ1) is 10.5. The average Bonchev–Trinajstić information content (AvgIpc) is 3.11. The zero-order chi connectivity index (χ0) is 16.2. The summed E-state index contributed by atoms with van der Waals surface area (Å²) in [6, 6.07) is 9.93. The molecule has 1 heterocycles. The van der Waals surface area contributed by atoms with E-state index in [1.165, 1.54) is 32.4 Å². The van der Waals surface area contributed by atoms with Gasteiger partial charge in [-0.15, -0.1) is 0 Å².